The standard InChI is InChI=1S/C18H19NO2/c1-14-13-19(11-12-21-14)18(20)10-9-16-7-4-6-15-5-2-3-8-17(15)16/h2-10,14H,11-13H2,1H3/b10-9+. The van der Waals surface area contributed by atoms with Crippen LogP contribution in [0, 0.1) is 0 Å². The lowest BCUT2D eigenvalue weighted by Crippen LogP contribution is -2.43. The Kier molecular flexibility index (Phi) is 4.02. The topological polar surface area (TPSA) is 29.5 Å². The van der Waals surface area contributed by atoms with Gasteiger partial charge in [-0.3, -0.25) is 4.79 Å². The molecule has 2 aromatic rings. The number of morpholine rings is 1. The van der Waals surface area contributed by atoms with Crippen molar-refractivity contribution in [1.29, 1.82) is 0 Å². The summed E-state index contributed by atoms with van der Waals surface area (Å²) in [7, 11) is 0. The third kappa shape index (κ3) is 3.14. The molecule has 0 spiro atoms. The van der Waals surface area contributed by atoms with Crippen molar-refractivity contribution < 1.29 is 9.53 Å². The van der Waals surface area contributed by atoms with Gasteiger partial charge in [0.15, 0.2) is 0 Å². The molecule has 0 saturated carbocycles. The summed E-state index contributed by atoms with van der Waals surface area (Å²) in [5.74, 6) is 0.0538. The minimum absolute atomic E-state index is 0.0538. The maximum absolute atomic E-state index is 12.2. The molecule has 0 radical (unpaired) electrons. The van der Waals surface area contributed by atoms with Crippen LogP contribution in [0.4, 0.5) is 0 Å². The van der Waals surface area contributed by atoms with Crippen molar-refractivity contribution in [2.75, 3.05) is 19.7 Å². The summed E-state index contributed by atoms with van der Waals surface area (Å²) in [6, 6.07) is 14.3. The molecule has 108 valence electrons. The summed E-state index contributed by atoms with van der Waals surface area (Å²) in [6.07, 6.45) is 3.69. The maximum atomic E-state index is 12.2. The van der Waals surface area contributed by atoms with E-state index in [0.29, 0.717) is 19.7 Å². The first kappa shape index (κ1) is 13.8. The maximum Gasteiger partial charge on any atom is 0.246 e. The van der Waals surface area contributed by atoms with Crippen LogP contribution in [0.5, 0.6) is 0 Å². The van der Waals surface area contributed by atoms with Gasteiger partial charge in [-0.2, -0.15) is 0 Å². The van der Waals surface area contributed by atoms with Crippen LogP contribution in [-0.2, 0) is 9.53 Å². The second-order valence-corrected chi connectivity index (χ2v) is 5.37. The van der Waals surface area contributed by atoms with Crippen LogP contribution >= 0.6 is 0 Å². The minimum atomic E-state index is 0.0538. The summed E-state index contributed by atoms with van der Waals surface area (Å²) >= 11 is 0. The van der Waals surface area contributed by atoms with E-state index in [1.807, 2.05) is 42.2 Å². The molecule has 3 nitrogen and oxygen atoms in total. The van der Waals surface area contributed by atoms with Crippen LogP contribution in [0.15, 0.2) is 48.5 Å². The minimum Gasteiger partial charge on any atom is -0.375 e. The van der Waals surface area contributed by atoms with E-state index in [-0.39, 0.29) is 12.0 Å². The first-order chi connectivity index (χ1) is 10.2. The second kappa shape index (κ2) is 6.10. The number of hydrogen-bond acceptors (Lipinski definition) is 2. The van der Waals surface area contributed by atoms with Gasteiger partial charge < -0.3 is 9.64 Å². The van der Waals surface area contributed by atoms with E-state index in [1.165, 1.54) is 10.8 Å². The molecule has 21 heavy (non-hydrogen) atoms. The van der Waals surface area contributed by atoms with E-state index < -0.39 is 0 Å². The number of hydrogen-bond donors (Lipinski definition) is 0. The molecule has 0 N–H and O–H groups in total. The predicted molar refractivity (Wildman–Crippen MR) is 85.0 cm³/mol. The average molecular weight is 281 g/mol. The van der Waals surface area contributed by atoms with E-state index >= 15 is 0 Å². The summed E-state index contributed by atoms with van der Waals surface area (Å²) in [5, 5.41) is 2.35. The molecule has 3 heteroatoms. The van der Waals surface area contributed by atoms with E-state index in [0.717, 1.165) is 5.56 Å². The number of nitrogens with zero attached hydrogens (tertiary/aromatic N) is 1. The lowest BCUT2D eigenvalue weighted by Gasteiger charge is -2.30. The van der Waals surface area contributed by atoms with Gasteiger partial charge in [-0.1, -0.05) is 42.5 Å². The van der Waals surface area contributed by atoms with Crippen molar-refractivity contribution in [2.45, 2.75) is 13.0 Å². The number of benzene rings is 2. The Morgan fingerprint density at radius 2 is 2.05 bits per heavy atom. The number of fused-ring (bicyclic) bond motifs is 1. The summed E-state index contributed by atoms with van der Waals surface area (Å²) in [5.41, 5.74) is 1.07. The number of carbonyl (C=O) groups is 1. The number of carbonyl (C=O) groups excluding carboxylic acids is 1. The molecule has 0 aromatic heterocycles. The Bertz CT molecular complexity index is 672. The smallest absolute Gasteiger partial charge is 0.246 e. The highest BCUT2D eigenvalue weighted by atomic mass is 16.5. The molecule has 1 atom stereocenters. The first-order valence-corrected chi connectivity index (χ1v) is 7.30. The molecule has 3 rings (SSSR count). The SMILES string of the molecule is CC1CN(C(=O)/C=C/c2cccc3ccccc23)CCO1. The fourth-order valence-corrected chi connectivity index (χ4v) is 2.68. The number of ether oxygens (including phenoxy) is 1. The summed E-state index contributed by atoms with van der Waals surface area (Å²) in [4.78, 5) is 14.1. The summed E-state index contributed by atoms with van der Waals surface area (Å²) in [6.45, 7) is 3.95. The number of amides is 1. The Balaban J connectivity index is 1.80. The highest BCUT2D eigenvalue weighted by molar-refractivity contribution is 5.96. The molecule has 1 heterocycles. The monoisotopic (exact) mass is 281 g/mol. The van der Waals surface area contributed by atoms with Crippen LogP contribution in [0.25, 0.3) is 16.8 Å². The zero-order valence-corrected chi connectivity index (χ0v) is 12.2. The molecule has 0 bridgehead atoms. The molecule has 1 aliphatic heterocycles. The third-order valence-electron chi connectivity index (χ3n) is 3.78. The molecular weight excluding hydrogens is 262 g/mol. The fraction of sp³-hybridized carbons (Fsp3) is 0.278. The van der Waals surface area contributed by atoms with Crippen LogP contribution in [0.2, 0.25) is 0 Å². The van der Waals surface area contributed by atoms with Crippen molar-refractivity contribution in [2.24, 2.45) is 0 Å². The highest BCUT2D eigenvalue weighted by Crippen LogP contribution is 2.19. The van der Waals surface area contributed by atoms with Crippen molar-refractivity contribution in [3.05, 3.63) is 54.1 Å². The first-order valence-electron chi connectivity index (χ1n) is 7.30. The van der Waals surface area contributed by atoms with E-state index in [1.54, 1.807) is 6.08 Å². The zero-order valence-electron chi connectivity index (χ0n) is 12.2. The molecule has 1 amide bonds. The van der Waals surface area contributed by atoms with Gasteiger partial charge in [-0.15, -0.1) is 0 Å². The Hall–Kier alpha value is -2.13. The highest BCUT2D eigenvalue weighted by Gasteiger charge is 2.19. The largest absolute Gasteiger partial charge is 0.375 e. The molecule has 1 saturated heterocycles. The average Bonchev–Trinajstić information content (AvgIpc) is 2.52. The second-order valence-electron chi connectivity index (χ2n) is 5.37. The van der Waals surface area contributed by atoms with Crippen molar-refractivity contribution in [1.82, 2.24) is 4.90 Å². The molecule has 0 aliphatic carbocycles. The summed E-state index contributed by atoms with van der Waals surface area (Å²) < 4.78 is 5.46. The van der Waals surface area contributed by atoms with Crippen LogP contribution in [0.3, 0.4) is 0 Å². The molecule has 1 aliphatic rings. The molecule has 2 aromatic carbocycles. The number of rotatable bonds is 2. The van der Waals surface area contributed by atoms with E-state index in [2.05, 4.69) is 18.2 Å². The predicted octanol–water partition coefficient (Wildman–Crippen LogP) is 3.10. The molecule has 1 unspecified atom stereocenters. The van der Waals surface area contributed by atoms with Crippen molar-refractivity contribution >= 4 is 22.8 Å². The Morgan fingerprint density at radius 3 is 2.90 bits per heavy atom. The van der Waals surface area contributed by atoms with Crippen LogP contribution in [-0.4, -0.2) is 36.6 Å². The van der Waals surface area contributed by atoms with Gasteiger partial charge in [0, 0.05) is 19.2 Å². The van der Waals surface area contributed by atoms with Crippen molar-refractivity contribution in [3.8, 4) is 0 Å². The van der Waals surface area contributed by atoms with Crippen LogP contribution in [0.1, 0.15) is 12.5 Å². The molecular formula is C18H19NO2. The van der Waals surface area contributed by atoms with Gasteiger partial charge in [0.1, 0.15) is 0 Å². The van der Waals surface area contributed by atoms with Gasteiger partial charge >= 0.3 is 0 Å². The van der Waals surface area contributed by atoms with Gasteiger partial charge in [0.2, 0.25) is 5.91 Å². The van der Waals surface area contributed by atoms with E-state index in [9.17, 15) is 4.79 Å². The Labute approximate surface area is 124 Å². The fourth-order valence-electron chi connectivity index (χ4n) is 2.68. The quantitative estimate of drug-likeness (QED) is 0.792. The lowest BCUT2D eigenvalue weighted by molar-refractivity contribution is -0.132. The van der Waals surface area contributed by atoms with E-state index in [4.69, 9.17) is 4.74 Å². The molecule has 1 fully saturated rings. The third-order valence-corrected chi connectivity index (χ3v) is 3.78. The van der Waals surface area contributed by atoms with Crippen molar-refractivity contribution in [3.63, 3.8) is 0 Å². The van der Waals surface area contributed by atoms with Crippen LogP contribution < -0.4 is 0 Å². The van der Waals surface area contributed by atoms with Gasteiger partial charge in [-0.05, 0) is 29.3 Å². The van der Waals surface area contributed by atoms with Gasteiger partial charge in [0.05, 0.1) is 12.7 Å². The van der Waals surface area contributed by atoms with Gasteiger partial charge in [0.25, 0.3) is 0 Å². The van der Waals surface area contributed by atoms with Gasteiger partial charge in [-0.25, -0.2) is 0 Å². The zero-order chi connectivity index (χ0) is 14.7. The normalized spacial score (nSPS) is 19.3. The lowest BCUT2D eigenvalue weighted by atomic mass is 10.0. The Morgan fingerprint density at radius 1 is 1.24 bits per heavy atom.